The van der Waals surface area contributed by atoms with Crippen LogP contribution in [0.4, 0.5) is 8.78 Å². The number of hydrogen-bond acceptors (Lipinski definition) is 6. The van der Waals surface area contributed by atoms with Gasteiger partial charge < -0.3 is 14.2 Å². The summed E-state index contributed by atoms with van der Waals surface area (Å²) < 4.78 is 41.1. The van der Waals surface area contributed by atoms with Crippen LogP contribution in [0.1, 0.15) is 5.56 Å². The molecule has 28 heavy (non-hydrogen) atoms. The maximum atomic E-state index is 12.3. The number of nitrogens with one attached hydrogen (secondary N) is 1. The normalized spacial score (nSPS) is 11.2. The van der Waals surface area contributed by atoms with Crippen molar-refractivity contribution in [1.82, 2.24) is 14.9 Å². The van der Waals surface area contributed by atoms with E-state index in [0.29, 0.717) is 22.9 Å². The highest BCUT2D eigenvalue weighted by Gasteiger charge is 2.10. The Kier molecular flexibility index (Phi) is 5.99. The van der Waals surface area contributed by atoms with Gasteiger partial charge in [-0.3, -0.25) is 0 Å². The molecule has 0 fully saturated rings. The molecule has 3 rings (SSSR count). The summed E-state index contributed by atoms with van der Waals surface area (Å²) in [6, 6.07) is 11.4. The molecule has 0 amide bonds. The second kappa shape index (κ2) is 8.61. The molecule has 1 N–H and O–H groups in total. The lowest BCUT2D eigenvalue weighted by molar-refractivity contribution is -0.0498. The lowest BCUT2D eigenvalue weighted by Gasteiger charge is -2.07. The van der Waals surface area contributed by atoms with Gasteiger partial charge in [-0.05, 0) is 60.2 Å². The number of hydrogen-bond donors (Lipinski definition) is 1. The number of aromatic nitrogens is 3. The fourth-order valence-corrected chi connectivity index (χ4v) is 2.61. The second-order valence-electron chi connectivity index (χ2n) is 5.43. The number of alkyl halides is 2. The minimum absolute atomic E-state index is 0.0493. The summed E-state index contributed by atoms with van der Waals surface area (Å²) in [6.07, 6.45) is 1.59. The van der Waals surface area contributed by atoms with Crippen LogP contribution in [0.2, 0.25) is 0 Å². The summed E-state index contributed by atoms with van der Waals surface area (Å²) >= 11 is 5.22. The molecule has 7 nitrogen and oxygen atoms in total. The van der Waals surface area contributed by atoms with Gasteiger partial charge in [0.15, 0.2) is 17.3 Å². The van der Waals surface area contributed by atoms with E-state index in [1.807, 2.05) is 6.07 Å². The third-order valence-corrected chi connectivity index (χ3v) is 3.98. The van der Waals surface area contributed by atoms with Crippen LogP contribution in [-0.2, 0) is 0 Å². The predicted molar refractivity (Wildman–Crippen MR) is 102 cm³/mol. The molecule has 0 unspecified atom stereocenters. The maximum absolute atomic E-state index is 12.3. The molecule has 0 saturated carbocycles. The summed E-state index contributed by atoms with van der Waals surface area (Å²) in [7, 11) is 3.10. The number of nitrogens with zero attached hydrogens (tertiary/aromatic N) is 3. The molecule has 1 heterocycles. The van der Waals surface area contributed by atoms with Crippen molar-refractivity contribution in [3.63, 3.8) is 0 Å². The lowest BCUT2D eigenvalue weighted by atomic mass is 10.2. The number of benzene rings is 2. The van der Waals surface area contributed by atoms with Crippen LogP contribution in [-0.4, -0.2) is 41.9 Å². The van der Waals surface area contributed by atoms with Crippen LogP contribution in [0, 0.1) is 4.77 Å². The first-order chi connectivity index (χ1) is 13.5. The van der Waals surface area contributed by atoms with Gasteiger partial charge in [-0.15, -0.1) is 0 Å². The molecule has 0 bridgehead atoms. The average molecular weight is 406 g/mol. The fraction of sp³-hybridized carbons (Fsp3) is 0.167. The smallest absolute Gasteiger partial charge is 0.387 e. The molecule has 10 heteroatoms. The second-order valence-corrected chi connectivity index (χ2v) is 5.81. The van der Waals surface area contributed by atoms with Crippen LogP contribution in [0.15, 0.2) is 47.6 Å². The standard InChI is InChI=1S/C18H16F2N4O3S/c1-25-14-8-3-11(9-15(14)26-2)10-21-24-16(22-23-18(24)28)12-4-6-13(7-5-12)27-17(19)20/h3-10,17H,1-2H3,(H,23,28). The summed E-state index contributed by atoms with van der Waals surface area (Å²) in [4.78, 5) is 0. The summed E-state index contributed by atoms with van der Waals surface area (Å²) in [5, 5.41) is 11.2. The third-order valence-electron chi connectivity index (χ3n) is 3.72. The molecule has 2 aromatic carbocycles. The van der Waals surface area contributed by atoms with E-state index in [9.17, 15) is 8.78 Å². The van der Waals surface area contributed by atoms with Crippen LogP contribution in [0.3, 0.4) is 0 Å². The van der Waals surface area contributed by atoms with E-state index in [2.05, 4.69) is 20.0 Å². The van der Waals surface area contributed by atoms with Crippen molar-refractivity contribution in [3.05, 3.63) is 52.8 Å². The van der Waals surface area contributed by atoms with Crippen LogP contribution >= 0.6 is 12.2 Å². The first-order valence-corrected chi connectivity index (χ1v) is 8.41. The van der Waals surface area contributed by atoms with Gasteiger partial charge in [0.25, 0.3) is 0 Å². The van der Waals surface area contributed by atoms with E-state index >= 15 is 0 Å². The molecule has 146 valence electrons. The maximum Gasteiger partial charge on any atom is 0.387 e. The van der Waals surface area contributed by atoms with Crippen molar-refractivity contribution < 1.29 is 23.0 Å². The first-order valence-electron chi connectivity index (χ1n) is 8.01. The van der Waals surface area contributed by atoms with Gasteiger partial charge in [0.2, 0.25) is 4.77 Å². The number of aromatic amines is 1. The number of methoxy groups -OCH3 is 2. The van der Waals surface area contributed by atoms with Crippen molar-refractivity contribution in [3.8, 4) is 28.6 Å². The largest absolute Gasteiger partial charge is 0.493 e. The van der Waals surface area contributed by atoms with Gasteiger partial charge in [-0.2, -0.15) is 23.7 Å². The number of halogens is 2. The van der Waals surface area contributed by atoms with Gasteiger partial charge >= 0.3 is 6.61 Å². The highest BCUT2D eigenvalue weighted by Crippen LogP contribution is 2.27. The lowest BCUT2D eigenvalue weighted by Crippen LogP contribution is -2.01. The quantitative estimate of drug-likeness (QED) is 0.472. The van der Waals surface area contributed by atoms with Crippen LogP contribution in [0.25, 0.3) is 11.4 Å². The van der Waals surface area contributed by atoms with Crippen molar-refractivity contribution in [2.24, 2.45) is 5.10 Å². The summed E-state index contributed by atoms with van der Waals surface area (Å²) in [5.41, 5.74) is 1.38. The molecule has 0 aliphatic heterocycles. The van der Waals surface area contributed by atoms with Crippen molar-refractivity contribution in [2.45, 2.75) is 6.61 Å². The highest BCUT2D eigenvalue weighted by molar-refractivity contribution is 7.71. The van der Waals surface area contributed by atoms with Gasteiger partial charge in [0.1, 0.15) is 5.75 Å². The average Bonchev–Trinajstić information content (AvgIpc) is 3.06. The Labute approximate surface area is 164 Å². The van der Waals surface area contributed by atoms with E-state index in [0.717, 1.165) is 5.56 Å². The Bertz CT molecular complexity index is 1030. The molecule has 0 spiro atoms. The summed E-state index contributed by atoms with van der Waals surface area (Å²) in [5.74, 6) is 1.64. The van der Waals surface area contributed by atoms with E-state index in [1.54, 1.807) is 44.7 Å². The molecule has 0 saturated heterocycles. The predicted octanol–water partition coefficient (Wildman–Crippen LogP) is 4.11. The Morgan fingerprint density at radius 1 is 1.11 bits per heavy atom. The zero-order valence-corrected chi connectivity index (χ0v) is 15.7. The Morgan fingerprint density at radius 2 is 1.82 bits per heavy atom. The van der Waals surface area contributed by atoms with Crippen molar-refractivity contribution in [2.75, 3.05) is 14.2 Å². The molecule has 0 atom stereocenters. The zero-order chi connectivity index (χ0) is 20.1. The molecular weight excluding hydrogens is 390 g/mol. The van der Waals surface area contributed by atoms with E-state index in [-0.39, 0.29) is 10.5 Å². The third kappa shape index (κ3) is 4.34. The first kappa shape index (κ1) is 19.5. The highest BCUT2D eigenvalue weighted by atomic mass is 32.1. The van der Waals surface area contributed by atoms with Gasteiger partial charge in [0.05, 0.1) is 20.4 Å². The van der Waals surface area contributed by atoms with Crippen molar-refractivity contribution >= 4 is 18.4 Å². The van der Waals surface area contributed by atoms with Crippen LogP contribution in [0.5, 0.6) is 17.2 Å². The monoisotopic (exact) mass is 406 g/mol. The van der Waals surface area contributed by atoms with Gasteiger partial charge in [-0.1, -0.05) is 0 Å². The van der Waals surface area contributed by atoms with Gasteiger partial charge in [-0.25, -0.2) is 5.10 Å². The SMILES string of the molecule is COc1ccc(C=Nn2c(-c3ccc(OC(F)F)cc3)n[nH]c2=S)cc1OC. The number of rotatable bonds is 7. The van der Waals surface area contributed by atoms with E-state index < -0.39 is 6.61 Å². The number of ether oxygens (including phenoxy) is 3. The molecule has 0 aliphatic rings. The Hall–Kier alpha value is -3.27. The molecule has 3 aromatic rings. The molecule has 0 radical (unpaired) electrons. The van der Waals surface area contributed by atoms with Gasteiger partial charge in [0, 0.05) is 5.56 Å². The Balaban J connectivity index is 1.89. The topological polar surface area (TPSA) is 73.7 Å². The molecule has 1 aromatic heterocycles. The molecular formula is C18H16F2N4O3S. The number of H-pyrrole nitrogens is 1. The van der Waals surface area contributed by atoms with Crippen molar-refractivity contribution in [1.29, 1.82) is 0 Å². The minimum atomic E-state index is -2.88. The molecule has 0 aliphatic carbocycles. The fourth-order valence-electron chi connectivity index (χ4n) is 2.43. The Morgan fingerprint density at radius 3 is 2.46 bits per heavy atom. The van der Waals surface area contributed by atoms with Crippen LogP contribution < -0.4 is 14.2 Å². The minimum Gasteiger partial charge on any atom is -0.493 e. The van der Waals surface area contributed by atoms with E-state index in [4.69, 9.17) is 21.7 Å². The zero-order valence-electron chi connectivity index (χ0n) is 14.9. The van der Waals surface area contributed by atoms with E-state index in [1.165, 1.54) is 16.8 Å². The summed E-state index contributed by atoms with van der Waals surface area (Å²) in [6.45, 7) is -2.88.